The molecule has 0 saturated carbocycles. The summed E-state index contributed by atoms with van der Waals surface area (Å²) in [7, 11) is 0. The van der Waals surface area contributed by atoms with Gasteiger partial charge in [0.25, 0.3) is 0 Å². The number of hydrogen-bond acceptors (Lipinski definition) is 6. The van der Waals surface area contributed by atoms with E-state index in [1.807, 2.05) is 36.4 Å². The van der Waals surface area contributed by atoms with Gasteiger partial charge in [-0.25, -0.2) is 14.4 Å². The second kappa shape index (κ2) is 9.16. The van der Waals surface area contributed by atoms with E-state index in [1.165, 1.54) is 23.9 Å². The number of pyridine rings is 1. The monoisotopic (exact) mass is 413 g/mol. The highest BCUT2D eigenvalue weighted by Gasteiger charge is 2.17. The third kappa shape index (κ3) is 4.62. The molecule has 2 aromatic heterocycles. The topological polar surface area (TPSA) is 74.5 Å². The molecule has 7 heteroatoms. The van der Waals surface area contributed by atoms with Crippen LogP contribution < -0.4 is 5.32 Å². The lowest BCUT2D eigenvalue weighted by molar-refractivity contribution is 0.628. The van der Waals surface area contributed by atoms with Crippen LogP contribution in [-0.4, -0.2) is 15.0 Å². The molecule has 0 fully saturated rings. The van der Waals surface area contributed by atoms with Crippen LogP contribution in [0.25, 0.3) is 11.3 Å². The Morgan fingerprint density at radius 3 is 2.47 bits per heavy atom. The summed E-state index contributed by atoms with van der Waals surface area (Å²) in [5, 5.41) is 13.5. The van der Waals surface area contributed by atoms with E-state index in [1.54, 1.807) is 30.6 Å². The molecule has 4 rings (SSSR count). The quantitative estimate of drug-likeness (QED) is 0.328. The summed E-state index contributed by atoms with van der Waals surface area (Å²) in [5.74, 6) is 0.724. The van der Waals surface area contributed by atoms with Crippen molar-refractivity contribution in [3.05, 3.63) is 96.1 Å². The number of rotatable bonds is 6. The average molecular weight is 413 g/mol. The summed E-state index contributed by atoms with van der Waals surface area (Å²) in [5.41, 5.74) is 3.30. The predicted molar refractivity (Wildman–Crippen MR) is 116 cm³/mol. The smallest absolute Gasteiger partial charge is 0.190 e. The number of thioether (sulfide) groups is 1. The van der Waals surface area contributed by atoms with Crippen LogP contribution in [0.5, 0.6) is 0 Å². The van der Waals surface area contributed by atoms with Gasteiger partial charge < -0.3 is 5.32 Å². The molecule has 2 heterocycles. The number of nitriles is 1. The molecule has 4 aromatic rings. The van der Waals surface area contributed by atoms with E-state index in [-0.39, 0.29) is 5.82 Å². The Morgan fingerprint density at radius 1 is 0.967 bits per heavy atom. The fourth-order valence-corrected chi connectivity index (χ4v) is 3.60. The van der Waals surface area contributed by atoms with Crippen molar-refractivity contribution in [2.45, 2.75) is 10.9 Å². The van der Waals surface area contributed by atoms with Crippen molar-refractivity contribution >= 4 is 23.3 Å². The summed E-state index contributed by atoms with van der Waals surface area (Å²) in [6, 6.07) is 21.7. The van der Waals surface area contributed by atoms with Gasteiger partial charge in [0.1, 0.15) is 17.4 Å². The second-order valence-electron chi connectivity index (χ2n) is 6.34. The van der Waals surface area contributed by atoms with Crippen LogP contribution >= 0.6 is 11.8 Å². The van der Waals surface area contributed by atoms with Gasteiger partial charge in [-0.05, 0) is 42.0 Å². The van der Waals surface area contributed by atoms with Gasteiger partial charge >= 0.3 is 0 Å². The minimum absolute atomic E-state index is 0.302. The van der Waals surface area contributed by atoms with E-state index in [9.17, 15) is 9.65 Å². The molecule has 0 amide bonds. The predicted octanol–water partition coefficient (Wildman–Crippen LogP) is 5.59. The van der Waals surface area contributed by atoms with Crippen molar-refractivity contribution in [3.63, 3.8) is 0 Å². The Bertz CT molecular complexity index is 1180. The number of nitrogens with zero attached hydrogens (tertiary/aromatic N) is 4. The fraction of sp³-hybridized carbons (Fsp3) is 0.0435. The van der Waals surface area contributed by atoms with Crippen molar-refractivity contribution in [3.8, 4) is 17.3 Å². The van der Waals surface area contributed by atoms with Crippen LogP contribution in [0.2, 0.25) is 0 Å². The van der Waals surface area contributed by atoms with Crippen molar-refractivity contribution < 1.29 is 4.39 Å². The Balaban J connectivity index is 1.74. The molecule has 0 atom stereocenters. The highest BCUT2D eigenvalue weighted by atomic mass is 32.2. The van der Waals surface area contributed by atoms with E-state index in [2.05, 4.69) is 26.3 Å². The molecule has 0 spiro atoms. The Kier molecular flexibility index (Phi) is 5.97. The first-order valence-electron chi connectivity index (χ1n) is 9.15. The molecule has 0 bridgehead atoms. The summed E-state index contributed by atoms with van der Waals surface area (Å²) in [6.45, 7) is 0. The van der Waals surface area contributed by atoms with Gasteiger partial charge in [0.15, 0.2) is 11.0 Å². The Labute approximate surface area is 177 Å². The van der Waals surface area contributed by atoms with Crippen molar-refractivity contribution in [1.29, 1.82) is 5.26 Å². The zero-order valence-corrected chi connectivity index (χ0v) is 16.6. The first-order valence-corrected chi connectivity index (χ1v) is 10.1. The van der Waals surface area contributed by atoms with E-state index in [0.29, 0.717) is 33.7 Å². The van der Waals surface area contributed by atoms with Gasteiger partial charge in [0.2, 0.25) is 0 Å². The molecule has 0 unspecified atom stereocenters. The standard InChI is InChI=1S/C23H16FN5S/c24-18-8-10-19(11-9-18)27-22-20(13-25)21(17-7-4-12-26-14-17)28-23(29-22)30-15-16-5-2-1-3-6-16/h1-12,14H,15H2,(H,27,28,29). The molecule has 0 aliphatic carbocycles. The normalized spacial score (nSPS) is 10.4. The van der Waals surface area contributed by atoms with Crippen LogP contribution in [0.3, 0.4) is 0 Å². The minimum Gasteiger partial charge on any atom is -0.339 e. The Morgan fingerprint density at radius 2 is 1.77 bits per heavy atom. The molecule has 0 aliphatic rings. The summed E-state index contributed by atoms with van der Waals surface area (Å²) >= 11 is 1.48. The molecular formula is C23H16FN5S. The second-order valence-corrected chi connectivity index (χ2v) is 7.28. The van der Waals surface area contributed by atoms with Crippen LogP contribution in [0.4, 0.5) is 15.9 Å². The minimum atomic E-state index is -0.334. The molecule has 0 aliphatic heterocycles. The lowest BCUT2D eigenvalue weighted by Gasteiger charge is -2.13. The summed E-state index contributed by atoms with van der Waals surface area (Å²) in [4.78, 5) is 13.3. The number of aromatic nitrogens is 3. The number of halogens is 1. The first-order chi connectivity index (χ1) is 14.7. The summed E-state index contributed by atoms with van der Waals surface area (Å²) in [6.07, 6.45) is 3.33. The van der Waals surface area contributed by atoms with Crippen LogP contribution in [0, 0.1) is 17.1 Å². The number of anilines is 2. The lowest BCUT2D eigenvalue weighted by Crippen LogP contribution is -2.04. The molecule has 5 nitrogen and oxygen atoms in total. The van der Waals surface area contributed by atoms with Crippen LogP contribution in [-0.2, 0) is 5.75 Å². The van der Waals surface area contributed by atoms with E-state index in [4.69, 9.17) is 0 Å². The van der Waals surface area contributed by atoms with Gasteiger partial charge in [0, 0.05) is 29.4 Å². The molecular weight excluding hydrogens is 397 g/mol. The largest absolute Gasteiger partial charge is 0.339 e. The van der Waals surface area contributed by atoms with E-state index in [0.717, 1.165) is 11.1 Å². The van der Waals surface area contributed by atoms with Gasteiger partial charge in [-0.15, -0.1) is 0 Å². The zero-order chi connectivity index (χ0) is 20.8. The number of benzene rings is 2. The third-order valence-corrected chi connectivity index (χ3v) is 5.17. The number of nitrogens with one attached hydrogen (secondary N) is 1. The maximum Gasteiger partial charge on any atom is 0.190 e. The maximum absolute atomic E-state index is 13.3. The first kappa shape index (κ1) is 19.6. The zero-order valence-electron chi connectivity index (χ0n) is 15.8. The van der Waals surface area contributed by atoms with Crippen LogP contribution in [0.15, 0.2) is 84.3 Å². The molecule has 1 N–H and O–H groups in total. The van der Waals surface area contributed by atoms with E-state index < -0.39 is 0 Å². The van der Waals surface area contributed by atoms with Crippen molar-refractivity contribution in [2.75, 3.05) is 5.32 Å². The average Bonchev–Trinajstić information content (AvgIpc) is 2.80. The molecule has 146 valence electrons. The van der Waals surface area contributed by atoms with Crippen molar-refractivity contribution in [1.82, 2.24) is 15.0 Å². The van der Waals surface area contributed by atoms with Gasteiger partial charge in [0.05, 0.1) is 5.69 Å². The number of hydrogen-bond donors (Lipinski definition) is 1. The third-order valence-electron chi connectivity index (χ3n) is 4.25. The highest BCUT2D eigenvalue weighted by Crippen LogP contribution is 2.31. The maximum atomic E-state index is 13.3. The summed E-state index contributed by atoms with van der Waals surface area (Å²) < 4.78 is 13.3. The Hall–Kier alpha value is -3.76. The van der Waals surface area contributed by atoms with Crippen LogP contribution in [0.1, 0.15) is 11.1 Å². The molecule has 0 saturated heterocycles. The van der Waals surface area contributed by atoms with Crippen molar-refractivity contribution in [2.24, 2.45) is 0 Å². The van der Waals surface area contributed by atoms with Gasteiger partial charge in [-0.2, -0.15) is 5.26 Å². The van der Waals surface area contributed by atoms with E-state index >= 15 is 0 Å². The highest BCUT2D eigenvalue weighted by molar-refractivity contribution is 7.98. The van der Waals surface area contributed by atoms with Gasteiger partial charge in [-0.3, -0.25) is 4.98 Å². The molecule has 30 heavy (non-hydrogen) atoms. The van der Waals surface area contributed by atoms with Gasteiger partial charge in [-0.1, -0.05) is 42.1 Å². The molecule has 2 aromatic carbocycles. The molecule has 0 radical (unpaired) electrons. The lowest BCUT2D eigenvalue weighted by atomic mass is 10.1. The SMILES string of the molecule is N#Cc1c(Nc2ccc(F)cc2)nc(SCc2ccccc2)nc1-c1cccnc1. The fourth-order valence-electron chi connectivity index (χ4n) is 2.80.